The van der Waals surface area contributed by atoms with Gasteiger partial charge in [-0.1, -0.05) is 18.2 Å². The highest BCUT2D eigenvalue weighted by Crippen LogP contribution is 2.39. The van der Waals surface area contributed by atoms with Gasteiger partial charge in [0.25, 0.3) is 15.9 Å². The van der Waals surface area contributed by atoms with Crippen molar-refractivity contribution in [1.29, 1.82) is 0 Å². The van der Waals surface area contributed by atoms with Crippen LogP contribution in [0.5, 0.6) is 0 Å². The van der Waals surface area contributed by atoms with Crippen molar-refractivity contribution in [2.75, 3.05) is 9.62 Å². The minimum Gasteiger partial charge on any atom is -0.305 e. The standard InChI is InChI=1S/C24H21F3N4O4S2/c1-23(2)21(32)31(17-8-10-18(11-9-17)36-24(25,26)27)22(33)30(23)15-16-12-13-28-20(14-16)29-37(34,35)19-6-4-3-5-7-19/h3-14H,15H2,1-2H3,(H,28,29). The number of imide groups is 1. The fourth-order valence-corrected chi connectivity index (χ4v) is 5.29. The number of benzene rings is 2. The van der Waals surface area contributed by atoms with Crippen molar-refractivity contribution in [2.45, 2.75) is 41.2 Å². The first-order valence-electron chi connectivity index (χ1n) is 10.8. The van der Waals surface area contributed by atoms with Crippen LogP contribution in [0.2, 0.25) is 0 Å². The molecule has 0 atom stereocenters. The predicted octanol–water partition coefficient (Wildman–Crippen LogP) is 5.24. The number of sulfonamides is 1. The highest BCUT2D eigenvalue weighted by molar-refractivity contribution is 8.00. The highest BCUT2D eigenvalue weighted by Gasteiger charge is 2.51. The molecule has 0 bridgehead atoms. The van der Waals surface area contributed by atoms with Crippen molar-refractivity contribution >= 4 is 45.2 Å². The van der Waals surface area contributed by atoms with Crippen molar-refractivity contribution in [3.8, 4) is 0 Å². The van der Waals surface area contributed by atoms with Gasteiger partial charge in [0.05, 0.1) is 10.6 Å². The van der Waals surface area contributed by atoms with E-state index in [-0.39, 0.29) is 39.6 Å². The molecule has 194 valence electrons. The number of rotatable bonds is 7. The summed E-state index contributed by atoms with van der Waals surface area (Å²) in [5.41, 5.74) is -5.08. The van der Waals surface area contributed by atoms with Gasteiger partial charge in [0.15, 0.2) is 0 Å². The van der Waals surface area contributed by atoms with Crippen molar-refractivity contribution in [1.82, 2.24) is 9.88 Å². The molecule has 0 radical (unpaired) electrons. The second-order valence-corrected chi connectivity index (χ2v) is 11.4. The number of urea groups is 1. The molecule has 3 amide bonds. The third-order valence-electron chi connectivity index (χ3n) is 5.61. The third-order valence-corrected chi connectivity index (χ3v) is 7.72. The van der Waals surface area contributed by atoms with Crippen LogP contribution in [0.4, 0.5) is 29.5 Å². The topological polar surface area (TPSA) is 99.7 Å². The van der Waals surface area contributed by atoms with Crippen LogP contribution in [0.15, 0.2) is 82.7 Å². The van der Waals surface area contributed by atoms with Gasteiger partial charge in [-0.05, 0) is 79.7 Å². The predicted molar refractivity (Wildman–Crippen MR) is 132 cm³/mol. The third kappa shape index (κ3) is 5.72. The zero-order valence-corrected chi connectivity index (χ0v) is 21.2. The van der Waals surface area contributed by atoms with E-state index >= 15 is 0 Å². The highest BCUT2D eigenvalue weighted by atomic mass is 32.2. The summed E-state index contributed by atoms with van der Waals surface area (Å²) in [4.78, 5) is 32.6. The number of carbonyl (C=O) groups is 2. The van der Waals surface area contributed by atoms with E-state index in [0.717, 1.165) is 4.90 Å². The van der Waals surface area contributed by atoms with Gasteiger partial charge in [0.1, 0.15) is 11.4 Å². The van der Waals surface area contributed by atoms with Gasteiger partial charge in [0, 0.05) is 17.6 Å². The molecule has 1 N–H and O–H groups in total. The Morgan fingerprint density at radius 1 is 1.00 bits per heavy atom. The SMILES string of the molecule is CC1(C)C(=O)N(c2ccc(SC(F)(F)F)cc2)C(=O)N1Cc1ccnc(NS(=O)(=O)c2ccccc2)c1. The van der Waals surface area contributed by atoms with Gasteiger partial charge in [-0.25, -0.2) is 23.1 Å². The van der Waals surface area contributed by atoms with Gasteiger partial charge in [-0.2, -0.15) is 13.2 Å². The molecule has 0 unspecified atom stereocenters. The van der Waals surface area contributed by atoms with E-state index in [2.05, 4.69) is 9.71 Å². The zero-order valence-electron chi connectivity index (χ0n) is 19.6. The maximum absolute atomic E-state index is 13.3. The molecule has 13 heteroatoms. The van der Waals surface area contributed by atoms with Crippen LogP contribution in [0.25, 0.3) is 0 Å². The van der Waals surface area contributed by atoms with Gasteiger partial charge in [0.2, 0.25) is 0 Å². The molecule has 2 aromatic carbocycles. The number of pyridine rings is 1. The number of nitrogens with one attached hydrogen (secondary N) is 1. The summed E-state index contributed by atoms with van der Waals surface area (Å²) >= 11 is -0.294. The number of thioether (sulfide) groups is 1. The number of nitrogens with zero attached hydrogens (tertiary/aromatic N) is 3. The lowest BCUT2D eigenvalue weighted by Crippen LogP contribution is -2.43. The monoisotopic (exact) mass is 550 g/mol. The molecule has 1 saturated heterocycles. The molecule has 1 aliphatic rings. The fraction of sp³-hybridized carbons (Fsp3) is 0.208. The summed E-state index contributed by atoms with van der Waals surface area (Å²) in [6.45, 7) is 3.07. The van der Waals surface area contributed by atoms with E-state index in [4.69, 9.17) is 0 Å². The number of hydrogen-bond acceptors (Lipinski definition) is 6. The fourth-order valence-electron chi connectivity index (χ4n) is 3.73. The number of carbonyl (C=O) groups excluding carboxylic acids is 2. The van der Waals surface area contributed by atoms with Gasteiger partial charge in [-0.3, -0.25) is 9.52 Å². The first-order valence-corrected chi connectivity index (χ1v) is 13.1. The van der Waals surface area contributed by atoms with Crippen LogP contribution >= 0.6 is 11.8 Å². The Hall–Kier alpha value is -3.58. The van der Waals surface area contributed by atoms with E-state index in [1.807, 2.05) is 0 Å². The summed E-state index contributed by atoms with van der Waals surface area (Å²) in [7, 11) is -3.89. The number of alkyl halides is 3. The Labute approximate surface area is 215 Å². The Balaban J connectivity index is 1.54. The van der Waals surface area contributed by atoms with Crippen molar-refractivity contribution in [3.63, 3.8) is 0 Å². The molecule has 2 heterocycles. The van der Waals surface area contributed by atoms with Crippen molar-refractivity contribution in [2.24, 2.45) is 0 Å². The molecule has 0 aliphatic carbocycles. The molecule has 1 aromatic heterocycles. The van der Waals surface area contributed by atoms with Crippen molar-refractivity contribution < 1.29 is 31.2 Å². The Kier molecular flexibility index (Phi) is 6.95. The van der Waals surface area contributed by atoms with Crippen LogP contribution < -0.4 is 9.62 Å². The number of halogens is 3. The second kappa shape index (κ2) is 9.71. The Bertz CT molecular complexity index is 1430. The smallest absolute Gasteiger partial charge is 0.305 e. The Morgan fingerprint density at radius 2 is 1.65 bits per heavy atom. The molecule has 37 heavy (non-hydrogen) atoms. The van der Waals surface area contributed by atoms with Crippen molar-refractivity contribution in [3.05, 3.63) is 78.5 Å². The van der Waals surface area contributed by atoms with Crippen LogP contribution in [-0.2, 0) is 21.4 Å². The zero-order chi connectivity index (χ0) is 27.0. The Morgan fingerprint density at radius 3 is 2.27 bits per heavy atom. The van der Waals surface area contributed by atoms with Gasteiger partial charge < -0.3 is 4.90 Å². The maximum atomic E-state index is 13.3. The molecule has 3 aromatic rings. The summed E-state index contributed by atoms with van der Waals surface area (Å²) in [5, 5.41) is 0. The minimum absolute atomic E-state index is 0.0340. The number of aromatic nitrogens is 1. The molecule has 4 rings (SSSR count). The molecule has 1 aliphatic heterocycles. The molecular weight excluding hydrogens is 529 g/mol. The quantitative estimate of drug-likeness (QED) is 0.319. The van der Waals surface area contributed by atoms with E-state index in [1.165, 1.54) is 53.6 Å². The normalized spacial score (nSPS) is 15.8. The van der Waals surface area contributed by atoms with E-state index < -0.39 is 33.0 Å². The average Bonchev–Trinajstić information content (AvgIpc) is 2.98. The lowest BCUT2D eigenvalue weighted by atomic mass is 10.0. The molecule has 8 nitrogen and oxygen atoms in total. The molecule has 1 fully saturated rings. The summed E-state index contributed by atoms with van der Waals surface area (Å²) in [5.74, 6) is -0.514. The first kappa shape index (κ1) is 26.5. The number of amides is 3. The van der Waals surface area contributed by atoms with E-state index in [0.29, 0.717) is 5.56 Å². The van der Waals surface area contributed by atoms with E-state index in [1.54, 1.807) is 38.1 Å². The van der Waals surface area contributed by atoms with Crippen LogP contribution in [0, 0.1) is 0 Å². The summed E-state index contributed by atoms with van der Waals surface area (Å²) in [6.07, 6.45) is 1.38. The van der Waals surface area contributed by atoms with Gasteiger partial charge in [-0.15, -0.1) is 0 Å². The lowest BCUT2D eigenvalue weighted by molar-refractivity contribution is -0.123. The summed E-state index contributed by atoms with van der Waals surface area (Å²) < 4.78 is 65.5. The van der Waals surface area contributed by atoms with Gasteiger partial charge >= 0.3 is 11.5 Å². The van der Waals surface area contributed by atoms with Crippen LogP contribution in [0.1, 0.15) is 19.4 Å². The largest absolute Gasteiger partial charge is 0.446 e. The summed E-state index contributed by atoms with van der Waals surface area (Å²) in [6, 6.07) is 15.1. The maximum Gasteiger partial charge on any atom is 0.446 e. The number of anilines is 2. The average molecular weight is 551 g/mol. The van der Waals surface area contributed by atoms with E-state index in [9.17, 15) is 31.2 Å². The lowest BCUT2D eigenvalue weighted by Gasteiger charge is -2.27. The van der Waals surface area contributed by atoms with Crippen LogP contribution in [0.3, 0.4) is 0 Å². The number of hydrogen-bond donors (Lipinski definition) is 1. The van der Waals surface area contributed by atoms with Crippen LogP contribution in [-0.4, -0.2) is 41.3 Å². The molecular formula is C24H21F3N4O4S2. The molecule has 0 spiro atoms. The minimum atomic E-state index is -4.46. The first-order chi connectivity index (χ1) is 17.3. The second-order valence-electron chi connectivity index (χ2n) is 8.58. The molecule has 0 saturated carbocycles.